The van der Waals surface area contributed by atoms with Crippen LogP contribution in [0.5, 0.6) is 0 Å². The highest BCUT2D eigenvalue weighted by atomic mass is 16.2. The van der Waals surface area contributed by atoms with E-state index < -0.39 is 0 Å². The summed E-state index contributed by atoms with van der Waals surface area (Å²) in [6.45, 7) is 10.6. The standard InChI is InChI=1S/C15H31N3O/c1-6-9-14-15(19)18(13(4)16-14)11-8-7-10-17(5)12(2)3/h12-14,16H,6-11H2,1-5H3. The molecule has 0 radical (unpaired) electrons. The molecular formula is C15H31N3O. The highest BCUT2D eigenvalue weighted by molar-refractivity contribution is 5.84. The van der Waals surface area contributed by atoms with Crippen molar-refractivity contribution in [1.29, 1.82) is 0 Å². The number of nitrogens with one attached hydrogen (secondary N) is 1. The van der Waals surface area contributed by atoms with Crippen LogP contribution in [0.15, 0.2) is 0 Å². The fourth-order valence-electron chi connectivity index (χ4n) is 2.54. The van der Waals surface area contributed by atoms with Crippen LogP contribution in [-0.4, -0.2) is 54.1 Å². The van der Waals surface area contributed by atoms with Crippen LogP contribution in [-0.2, 0) is 4.79 Å². The first-order valence-corrected chi connectivity index (χ1v) is 7.74. The molecule has 1 aliphatic rings. The van der Waals surface area contributed by atoms with Crippen LogP contribution in [0.3, 0.4) is 0 Å². The first-order valence-electron chi connectivity index (χ1n) is 7.74. The third kappa shape index (κ3) is 4.77. The van der Waals surface area contributed by atoms with Gasteiger partial charge in [0.05, 0.1) is 12.2 Å². The van der Waals surface area contributed by atoms with E-state index >= 15 is 0 Å². The smallest absolute Gasteiger partial charge is 0.241 e. The second-order valence-electron chi connectivity index (χ2n) is 6.00. The summed E-state index contributed by atoms with van der Waals surface area (Å²) in [4.78, 5) is 16.6. The highest BCUT2D eigenvalue weighted by Crippen LogP contribution is 2.15. The van der Waals surface area contributed by atoms with Crippen molar-refractivity contribution >= 4 is 5.91 Å². The minimum atomic E-state index is 0.0540. The molecule has 19 heavy (non-hydrogen) atoms. The van der Waals surface area contributed by atoms with Crippen molar-refractivity contribution < 1.29 is 4.79 Å². The Balaban J connectivity index is 2.27. The maximum absolute atomic E-state index is 12.2. The molecule has 0 saturated carbocycles. The number of carbonyl (C=O) groups is 1. The van der Waals surface area contributed by atoms with Crippen LogP contribution in [0, 0.1) is 0 Å². The summed E-state index contributed by atoms with van der Waals surface area (Å²) >= 11 is 0. The number of carbonyl (C=O) groups excluding carboxylic acids is 1. The van der Waals surface area contributed by atoms with Crippen molar-refractivity contribution in [2.75, 3.05) is 20.1 Å². The van der Waals surface area contributed by atoms with Gasteiger partial charge in [-0.2, -0.15) is 0 Å². The Labute approximate surface area is 118 Å². The normalized spacial score (nSPS) is 23.9. The van der Waals surface area contributed by atoms with E-state index in [1.165, 1.54) is 0 Å². The first-order chi connectivity index (χ1) is 8.97. The Morgan fingerprint density at radius 3 is 2.63 bits per heavy atom. The number of amides is 1. The van der Waals surface area contributed by atoms with Gasteiger partial charge in [-0.3, -0.25) is 10.1 Å². The molecule has 0 aromatic heterocycles. The van der Waals surface area contributed by atoms with E-state index in [9.17, 15) is 4.79 Å². The summed E-state index contributed by atoms with van der Waals surface area (Å²) in [5, 5.41) is 3.39. The van der Waals surface area contributed by atoms with Crippen molar-refractivity contribution in [2.45, 2.75) is 71.6 Å². The Kier molecular flexibility index (Phi) is 6.80. The zero-order valence-corrected chi connectivity index (χ0v) is 13.3. The number of nitrogens with zero attached hydrogens (tertiary/aromatic N) is 2. The zero-order valence-electron chi connectivity index (χ0n) is 13.3. The van der Waals surface area contributed by atoms with E-state index in [1.807, 2.05) is 4.90 Å². The monoisotopic (exact) mass is 269 g/mol. The molecule has 0 aromatic rings. The highest BCUT2D eigenvalue weighted by Gasteiger charge is 2.34. The molecule has 1 rings (SSSR count). The minimum absolute atomic E-state index is 0.0540. The SMILES string of the molecule is CCCC1NC(C)N(CCCCN(C)C(C)C)C1=O. The average Bonchev–Trinajstić information content (AvgIpc) is 2.61. The van der Waals surface area contributed by atoms with Gasteiger partial charge in [-0.05, 0) is 53.6 Å². The summed E-state index contributed by atoms with van der Waals surface area (Å²) in [5.74, 6) is 0.298. The quantitative estimate of drug-likeness (QED) is 0.685. The fraction of sp³-hybridized carbons (Fsp3) is 0.933. The molecule has 4 nitrogen and oxygen atoms in total. The summed E-state index contributed by atoms with van der Waals surface area (Å²) < 4.78 is 0. The molecule has 2 atom stereocenters. The van der Waals surface area contributed by atoms with Gasteiger partial charge < -0.3 is 9.80 Å². The van der Waals surface area contributed by atoms with Gasteiger partial charge in [-0.1, -0.05) is 13.3 Å². The number of rotatable bonds is 8. The van der Waals surface area contributed by atoms with Crippen LogP contribution in [0.25, 0.3) is 0 Å². The molecule has 1 heterocycles. The summed E-state index contributed by atoms with van der Waals surface area (Å²) in [7, 11) is 2.16. The molecule has 0 spiro atoms. The molecule has 1 N–H and O–H groups in total. The van der Waals surface area contributed by atoms with E-state index in [-0.39, 0.29) is 12.2 Å². The van der Waals surface area contributed by atoms with Crippen LogP contribution in [0.1, 0.15) is 53.4 Å². The third-order valence-electron chi connectivity index (χ3n) is 4.11. The molecule has 4 heteroatoms. The molecule has 0 aromatic carbocycles. The van der Waals surface area contributed by atoms with Crippen molar-refractivity contribution in [3.63, 3.8) is 0 Å². The van der Waals surface area contributed by atoms with E-state index in [0.717, 1.165) is 38.8 Å². The van der Waals surface area contributed by atoms with E-state index in [0.29, 0.717) is 11.9 Å². The van der Waals surface area contributed by atoms with Crippen molar-refractivity contribution in [3.05, 3.63) is 0 Å². The maximum Gasteiger partial charge on any atom is 0.241 e. The summed E-state index contributed by atoms with van der Waals surface area (Å²) in [6.07, 6.45) is 4.46. The molecule has 0 aliphatic carbocycles. The molecule has 1 amide bonds. The van der Waals surface area contributed by atoms with E-state index in [4.69, 9.17) is 0 Å². The van der Waals surface area contributed by atoms with Gasteiger partial charge in [-0.25, -0.2) is 0 Å². The third-order valence-corrected chi connectivity index (χ3v) is 4.11. The lowest BCUT2D eigenvalue weighted by molar-refractivity contribution is -0.130. The molecular weight excluding hydrogens is 238 g/mol. The fourth-order valence-corrected chi connectivity index (χ4v) is 2.54. The Morgan fingerprint density at radius 2 is 2.05 bits per heavy atom. The maximum atomic E-state index is 12.2. The zero-order chi connectivity index (χ0) is 14.4. The van der Waals surface area contributed by atoms with Crippen LogP contribution in [0.4, 0.5) is 0 Å². The average molecular weight is 269 g/mol. The van der Waals surface area contributed by atoms with Crippen LogP contribution >= 0.6 is 0 Å². The molecule has 2 unspecified atom stereocenters. The van der Waals surface area contributed by atoms with Gasteiger partial charge in [0, 0.05) is 12.6 Å². The van der Waals surface area contributed by atoms with Crippen LogP contribution < -0.4 is 5.32 Å². The van der Waals surface area contributed by atoms with Gasteiger partial charge in [0.15, 0.2) is 0 Å². The minimum Gasteiger partial charge on any atom is -0.326 e. The van der Waals surface area contributed by atoms with Gasteiger partial charge >= 0.3 is 0 Å². The first kappa shape index (κ1) is 16.4. The molecule has 112 valence electrons. The van der Waals surface area contributed by atoms with Crippen molar-refractivity contribution in [2.24, 2.45) is 0 Å². The van der Waals surface area contributed by atoms with Gasteiger partial charge in [0.1, 0.15) is 0 Å². The Bertz CT molecular complexity index is 281. The lowest BCUT2D eigenvalue weighted by atomic mass is 10.1. The van der Waals surface area contributed by atoms with Gasteiger partial charge in [-0.15, -0.1) is 0 Å². The van der Waals surface area contributed by atoms with Crippen LogP contribution in [0.2, 0.25) is 0 Å². The number of hydrogen-bond acceptors (Lipinski definition) is 3. The lowest BCUT2D eigenvalue weighted by Crippen LogP contribution is -2.36. The van der Waals surface area contributed by atoms with Crippen molar-refractivity contribution in [1.82, 2.24) is 15.1 Å². The Morgan fingerprint density at radius 1 is 1.37 bits per heavy atom. The second-order valence-corrected chi connectivity index (χ2v) is 6.00. The van der Waals surface area contributed by atoms with E-state index in [1.54, 1.807) is 0 Å². The Hall–Kier alpha value is -0.610. The molecule has 1 aliphatic heterocycles. The topological polar surface area (TPSA) is 35.6 Å². The summed E-state index contributed by atoms with van der Waals surface area (Å²) in [5.41, 5.74) is 0. The largest absolute Gasteiger partial charge is 0.326 e. The predicted octanol–water partition coefficient (Wildman–Crippen LogP) is 2.05. The summed E-state index contributed by atoms with van der Waals surface area (Å²) in [6, 6.07) is 0.654. The van der Waals surface area contributed by atoms with Gasteiger partial charge in [0.2, 0.25) is 5.91 Å². The second kappa shape index (κ2) is 7.85. The van der Waals surface area contributed by atoms with Gasteiger partial charge in [0.25, 0.3) is 0 Å². The lowest BCUT2D eigenvalue weighted by Gasteiger charge is -2.23. The molecule has 1 saturated heterocycles. The molecule has 0 bridgehead atoms. The van der Waals surface area contributed by atoms with Crippen molar-refractivity contribution in [3.8, 4) is 0 Å². The number of hydrogen-bond donors (Lipinski definition) is 1. The van der Waals surface area contributed by atoms with E-state index in [2.05, 4.69) is 45.0 Å². The molecule has 1 fully saturated rings. The predicted molar refractivity (Wildman–Crippen MR) is 80.0 cm³/mol. The number of unbranched alkanes of at least 4 members (excludes halogenated alkanes) is 1.